The van der Waals surface area contributed by atoms with Crippen LogP contribution in [0.3, 0.4) is 0 Å². The van der Waals surface area contributed by atoms with Crippen molar-refractivity contribution in [3.05, 3.63) is 11.6 Å². The summed E-state index contributed by atoms with van der Waals surface area (Å²) < 4.78 is 17.9. The standard InChI is InChI=1S/C24H30O6/c1-21-7-4-14(25)10-13(21)11-15(20(27)28-3)19-16-5-8-23(9-6-18(26)30-23)22(16,2)12-17-24(19,21)29-17/h10,15-17,19H,4-9,11-12H2,1-3H3/t15?,16-,17-,19-,21-,22-,23-,24+/m0/s1. The van der Waals surface area contributed by atoms with Crippen molar-refractivity contribution < 1.29 is 28.6 Å². The molecule has 0 N–H and O–H groups in total. The average Bonchev–Trinajstić information content (AvgIpc) is 3.20. The number of fused-ring (bicyclic) bond motifs is 4. The van der Waals surface area contributed by atoms with Crippen molar-refractivity contribution in [1.82, 2.24) is 0 Å². The van der Waals surface area contributed by atoms with E-state index in [1.54, 1.807) is 6.08 Å². The summed E-state index contributed by atoms with van der Waals surface area (Å²) in [6.07, 6.45) is 7.61. The van der Waals surface area contributed by atoms with E-state index in [-0.39, 0.29) is 52.4 Å². The van der Waals surface area contributed by atoms with Crippen molar-refractivity contribution in [2.45, 2.75) is 82.5 Å². The number of hydrogen-bond donors (Lipinski definition) is 0. The van der Waals surface area contributed by atoms with Crippen molar-refractivity contribution >= 4 is 17.7 Å². The van der Waals surface area contributed by atoms with Gasteiger partial charge in [-0.1, -0.05) is 19.4 Å². The molecule has 5 fully saturated rings. The molecule has 0 aromatic heterocycles. The number of epoxide rings is 1. The molecule has 0 aromatic rings. The SMILES string of the molecule is COC(=O)C1CC2=CC(=O)CC[C@]2(C)[C@@]23O[C@H]2C[C@@]2(C)[C@@H](CC[C@]24CCC(=O)O4)[C@H]13. The minimum atomic E-state index is -0.424. The van der Waals surface area contributed by atoms with E-state index in [1.165, 1.54) is 7.11 Å². The smallest absolute Gasteiger partial charge is 0.309 e. The second-order valence-corrected chi connectivity index (χ2v) is 11.0. The van der Waals surface area contributed by atoms with E-state index < -0.39 is 11.2 Å². The Labute approximate surface area is 176 Å². The Morgan fingerprint density at radius 1 is 1.17 bits per heavy atom. The molecule has 4 aliphatic carbocycles. The van der Waals surface area contributed by atoms with Gasteiger partial charge in [-0.05, 0) is 50.5 Å². The summed E-state index contributed by atoms with van der Waals surface area (Å²) in [6.45, 7) is 4.51. The molecule has 162 valence electrons. The number of ether oxygens (including phenoxy) is 3. The number of hydrogen-bond acceptors (Lipinski definition) is 6. The fraction of sp³-hybridized carbons (Fsp3) is 0.792. The van der Waals surface area contributed by atoms with Crippen molar-refractivity contribution in [2.75, 3.05) is 7.11 Å². The Balaban J connectivity index is 1.49. The Morgan fingerprint density at radius 2 is 1.97 bits per heavy atom. The van der Waals surface area contributed by atoms with Gasteiger partial charge in [0.1, 0.15) is 11.2 Å². The zero-order valence-corrected chi connectivity index (χ0v) is 18.0. The molecule has 1 unspecified atom stereocenters. The highest BCUT2D eigenvalue weighted by atomic mass is 16.6. The van der Waals surface area contributed by atoms with E-state index in [1.807, 2.05) is 0 Å². The van der Waals surface area contributed by atoms with Crippen LogP contribution in [0.15, 0.2) is 11.6 Å². The fourth-order valence-electron chi connectivity index (χ4n) is 8.69. The molecule has 2 heterocycles. The first kappa shape index (κ1) is 19.0. The third kappa shape index (κ3) is 1.94. The van der Waals surface area contributed by atoms with Crippen molar-refractivity contribution in [2.24, 2.45) is 28.6 Å². The van der Waals surface area contributed by atoms with E-state index in [2.05, 4.69) is 13.8 Å². The average molecular weight is 414 g/mol. The van der Waals surface area contributed by atoms with E-state index in [9.17, 15) is 14.4 Å². The first-order chi connectivity index (χ1) is 14.2. The molecule has 2 aliphatic heterocycles. The van der Waals surface area contributed by atoms with E-state index in [4.69, 9.17) is 14.2 Å². The molecule has 6 aliphatic rings. The maximum atomic E-state index is 13.0. The predicted molar refractivity (Wildman–Crippen MR) is 105 cm³/mol. The van der Waals surface area contributed by atoms with Crippen molar-refractivity contribution in [3.63, 3.8) is 0 Å². The van der Waals surface area contributed by atoms with Gasteiger partial charge in [0.2, 0.25) is 0 Å². The summed E-state index contributed by atoms with van der Waals surface area (Å²) >= 11 is 0. The fourth-order valence-corrected chi connectivity index (χ4v) is 8.69. The Kier molecular flexibility index (Phi) is 3.53. The Bertz CT molecular complexity index is 907. The molecular formula is C24H30O6. The largest absolute Gasteiger partial charge is 0.469 e. The number of methoxy groups -OCH3 is 1. The van der Waals surface area contributed by atoms with Crippen molar-refractivity contribution in [1.29, 1.82) is 0 Å². The molecular weight excluding hydrogens is 384 g/mol. The number of carbonyl (C=O) groups is 3. The van der Waals surface area contributed by atoms with Gasteiger partial charge < -0.3 is 14.2 Å². The summed E-state index contributed by atoms with van der Waals surface area (Å²) in [6, 6.07) is 0. The highest BCUT2D eigenvalue weighted by Crippen LogP contribution is 2.78. The lowest BCUT2D eigenvalue weighted by Crippen LogP contribution is -2.63. The third-order valence-electron chi connectivity index (χ3n) is 10.2. The predicted octanol–water partition coefficient (Wildman–Crippen LogP) is 3.12. The highest BCUT2D eigenvalue weighted by molar-refractivity contribution is 5.92. The molecule has 6 heteroatoms. The molecule has 6 rings (SSSR count). The summed E-state index contributed by atoms with van der Waals surface area (Å²) in [5.41, 5.74) is -0.175. The van der Waals surface area contributed by atoms with Crippen LogP contribution in [0.4, 0.5) is 0 Å². The Morgan fingerprint density at radius 3 is 2.67 bits per heavy atom. The first-order valence-electron chi connectivity index (χ1n) is 11.4. The number of rotatable bonds is 1. The van der Waals surface area contributed by atoms with Gasteiger partial charge in [-0.25, -0.2) is 0 Å². The summed E-state index contributed by atoms with van der Waals surface area (Å²) in [5, 5.41) is 0. The first-order valence-corrected chi connectivity index (χ1v) is 11.4. The van der Waals surface area contributed by atoms with Gasteiger partial charge in [0, 0.05) is 29.6 Å². The number of carbonyl (C=O) groups excluding carboxylic acids is 3. The van der Waals surface area contributed by atoms with Crippen LogP contribution in [-0.2, 0) is 28.6 Å². The van der Waals surface area contributed by atoms with Crippen LogP contribution in [0.5, 0.6) is 0 Å². The number of esters is 2. The van der Waals surface area contributed by atoms with Crippen LogP contribution in [-0.4, -0.2) is 42.1 Å². The molecule has 0 aromatic carbocycles. The Hall–Kier alpha value is -1.69. The minimum Gasteiger partial charge on any atom is -0.469 e. The molecule has 2 saturated heterocycles. The lowest BCUT2D eigenvalue weighted by Gasteiger charge is -2.58. The molecule has 6 nitrogen and oxygen atoms in total. The van der Waals surface area contributed by atoms with Gasteiger partial charge in [-0.2, -0.15) is 0 Å². The minimum absolute atomic E-state index is 0.0303. The summed E-state index contributed by atoms with van der Waals surface area (Å²) in [7, 11) is 1.45. The molecule has 0 radical (unpaired) electrons. The quantitative estimate of drug-likeness (QED) is 0.484. The van der Waals surface area contributed by atoms with Crippen LogP contribution in [0.25, 0.3) is 0 Å². The molecule has 0 bridgehead atoms. The zero-order chi connectivity index (χ0) is 21.1. The highest BCUT2D eigenvalue weighted by Gasteiger charge is 2.83. The van der Waals surface area contributed by atoms with Crippen LogP contribution < -0.4 is 0 Å². The number of ketones is 1. The van der Waals surface area contributed by atoms with E-state index in [0.29, 0.717) is 19.3 Å². The third-order valence-corrected chi connectivity index (χ3v) is 10.2. The lowest BCUT2D eigenvalue weighted by molar-refractivity contribution is -0.172. The topological polar surface area (TPSA) is 82.2 Å². The summed E-state index contributed by atoms with van der Waals surface area (Å²) in [5.74, 6) is -0.201. The normalized spacial score (nSPS) is 53.2. The second-order valence-electron chi connectivity index (χ2n) is 11.0. The van der Waals surface area contributed by atoms with Crippen LogP contribution in [0, 0.1) is 28.6 Å². The molecule has 2 spiro atoms. The van der Waals surface area contributed by atoms with Gasteiger partial charge >= 0.3 is 11.9 Å². The van der Waals surface area contributed by atoms with Crippen LogP contribution in [0.1, 0.15) is 65.2 Å². The molecule has 30 heavy (non-hydrogen) atoms. The monoisotopic (exact) mass is 414 g/mol. The van der Waals surface area contributed by atoms with Gasteiger partial charge in [-0.15, -0.1) is 0 Å². The maximum absolute atomic E-state index is 13.0. The van der Waals surface area contributed by atoms with E-state index in [0.717, 1.165) is 37.7 Å². The zero-order valence-electron chi connectivity index (χ0n) is 18.0. The lowest BCUT2D eigenvalue weighted by atomic mass is 9.43. The molecule has 0 amide bonds. The van der Waals surface area contributed by atoms with Crippen molar-refractivity contribution in [3.8, 4) is 0 Å². The van der Waals surface area contributed by atoms with Crippen LogP contribution in [0.2, 0.25) is 0 Å². The van der Waals surface area contributed by atoms with Gasteiger partial charge in [-0.3, -0.25) is 14.4 Å². The van der Waals surface area contributed by atoms with Crippen LogP contribution >= 0.6 is 0 Å². The van der Waals surface area contributed by atoms with E-state index >= 15 is 0 Å². The summed E-state index contributed by atoms with van der Waals surface area (Å²) in [4.78, 5) is 37.4. The molecule has 8 atom stereocenters. The van der Waals surface area contributed by atoms with Gasteiger partial charge in [0.25, 0.3) is 0 Å². The second kappa shape index (κ2) is 5.56. The van der Waals surface area contributed by atoms with Gasteiger partial charge in [0.15, 0.2) is 5.78 Å². The van der Waals surface area contributed by atoms with Gasteiger partial charge in [0.05, 0.1) is 19.1 Å². The maximum Gasteiger partial charge on any atom is 0.309 e. The molecule has 3 saturated carbocycles.